The van der Waals surface area contributed by atoms with E-state index in [9.17, 15) is 4.79 Å². The van der Waals surface area contributed by atoms with Crippen molar-refractivity contribution in [1.29, 1.82) is 0 Å². The Morgan fingerprint density at radius 1 is 1.31 bits per heavy atom. The van der Waals surface area contributed by atoms with E-state index in [4.69, 9.17) is 0 Å². The van der Waals surface area contributed by atoms with Crippen molar-refractivity contribution in [2.24, 2.45) is 0 Å². The Hall–Kier alpha value is -1.62. The molecular weight excluding hydrogens is 186 g/mol. The first-order valence-corrected chi connectivity index (χ1v) is 4.54. The normalized spacial score (nSPS) is 9.85. The lowest BCUT2D eigenvalue weighted by atomic mass is 10.3. The molecule has 0 fully saturated rings. The van der Waals surface area contributed by atoms with Crippen LogP contribution in [0, 0.1) is 0 Å². The van der Waals surface area contributed by atoms with Gasteiger partial charge in [-0.25, -0.2) is 5.10 Å². The molecule has 0 radical (unpaired) electrons. The highest BCUT2D eigenvalue weighted by Crippen LogP contribution is 2.13. The Morgan fingerprint density at radius 3 is 2.69 bits per heavy atom. The van der Waals surface area contributed by atoms with Gasteiger partial charge >= 0.3 is 4.87 Å². The third kappa shape index (κ3) is 1.94. The van der Waals surface area contributed by atoms with Crippen molar-refractivity contribution in [3.8, 4) is 0 Å². The zero-order chi connectivity index (χ0) is 9.10. The smallest absolute Gasteiger partial charge is 0.324 e. The maximum absolute atomic E-state index is 10.7. The molecule has 13 heavy (non-hydrogen) atoms. The Morgan fingerprint density at radius 2 is 2.08 bits per heavy atom. The summed E-state index contributed by atoms with van der Waals surface area (Å²) in [5.41, 5.74) is 0.922. The predicted octanol–water partition coefficient (Wildman–Crippen LogP) is 1.57. The number of nitrogens with zero attached hydrogens (tertiary/aromatic N) is 1. The highest BCUT2D eigenvalue weighted by atomic mass is 32.1. The summed E-state index contributed by atoms with van der Waals surface area (Å²) in [7, 11) is 0. The fourth-order valence-corrected chi connectivity index (χ4v) is 1.46. The lowest BCUT2D eigenvalue weighted by Gasteiger charge is -1.98. The van der Waals surface area contributed by atoms with Crippen LogP contribution in [-0.2, 0) is 0 Å². The number of rotatable bonds is 2. The molecule has 0 spiro atoms. The van der Waals surface area contributed by atoms with Gasteiger partial charge in [-0.1, -0.05) is 18.2 Å². The van der Waals surface area contributed by atoms with Crippen LogP contribution in [0.4, 0.5) is 10.8 Å². The molecule has 4 nitrogen and oxygen atoms in total. The molecule has 0 amide bonds. The number of benzene rings is 1. The van der Waals surface area contributed by atoms with Crippen molar-refractivity contribution >= 4 is 22.2 Å². The van der Waals surface area contributed by atoms with Crippen LogP contribution < -0.4 is 10.2 Å². The van der Waals surface area contributed by atoms with Gasteiger partial charge in [0.15, 0.2) is 0 Å². The third-order valence-corrected chi connectivity index (χ3v) is 2.13. The van der Waals surface area contributed by atoms with Gasteiger partial charge in [0.2, 0.25) is 5.13 Å². The van der Waals surface area contributed by atoms with E-state index in [1.54, 1.807) is 0 Å². The third-order valence-electron chi connectivity index (χ3n) is 1.46. The minimum absolute atomic E-state index is 0.154. The first-order chi connectivity index (χ1) is 6.34. The van der Waals surface area contributed by atoms with Crippen molar-refractivity contribution in [2.45, 2.75) is 0 Å². The van der Waals surface area contributed by atoms with Crippen LogP contribution in [0.1, 0.15) is 0 Å². The van der Waals surface area contributed by atoms with Crippen LogP contribution in [0.5, 0.6) is 0 Å². The second kappa shape index (κ2) is 3.40. The molecule has 2 aromatic rings. The van der Waals surface area contributed by atoms with Gasteiger partial charge in [0.25, 0.3) is 0 Å². The van der Waals surface area contributed by atoms with Crippen LogP contribution in [-0.4, -0.2) is 10.2 Å². The summed E-state index contributed by atoms with van der Waals surface area (Å²) in [5, 5.41) is 9.70. The van der Waals surface area contributed by atoms with Gasteiger partial charge in [-0.05, 0) is 23.5 Å². The molecule has 5 heteroatoms. The molecule has 0 saturated carbocycles. The van der Waals surface area contributed by atoms with Gasteiger partial charge in [-0.3, -0.25) is 4.79 Å². The van der Waals surface area contributed by atoms with E-state index < -0.39 is 0 Å². The first-order valence-electron chi connectivity index (χ1n) is 3.72. The number of anilines is 2. The number of aromatic amines is 1. The fourth-order valence-electron chi connectivity index (χ4n) is 0.928. The summed E-state index contributed by atoms with van der Waals surface area (Å²) in [6, 6.07) is 9.57. The molecule has 66 valence electrons. The standard InChI is InChI=1S/C8H7N3OS/c12-8-11-10-7(13-8)9-6-4-2-1-3-5-6/h1-5H,(H,9,10)(H,11,12). The molecule has 0 atom stereocenters. The molecule has 0 aliphatic carbocycles. The molecule has 0 bridgehead atoms. The van der Waals surface area contributed by atoms with E-state index in [1.165, 1.54) is 0 Å². The number of hydrogen-bond acceptors (Lipinski definition) is 4. The van der Waals surface area contributed by atoms with Crippen molar-refractivity contribution in [3.05, 3.63) is 40.0 Å². The summed E-state index contributed by atoms with van der Waals surface area (Å²) in [6.45, 7) is 0. The van der Waals surface area contributed by atoms with Crippen molar-refractivity contribution in [1.82, 2.24) is 10.2 Å². The molecule has 0 saturated heterocycles. The topological polar surface area (TPSA) is 57.8 Å². The maximum Gasteiger partial charge on any atom is 0.324 e. The fraction of sp³-hybridized carbons (Fsp3) is 0. The van der Waals surface area contributed by atoms with Crippen LogP contribution >= 0.6 is 11.3 Å². The minimum atomic E-state index is -0.154. The van der Waals surface area contributed by atoms with E-state index >= 15 is 0 Å². The number of nitrogens with one attached hydrogen (secondary N) is 2. The largest absolute Gasteiger partial charge is 0.330 e. The summed E-state index contributed by atoms with van der Waals surface area (Å²) in [5.74, 6) is 0. The van der Waals surface area contributed by atoms with Gasteiger partial charge in [-0.15, -0.1) is 5.10 Å². The predicted molar refractivity (Wildman–Crippen MR) is 52.5 cm³/mol. The molecule has 1 aromatic carbocycles. The number of para-hydroxylation sites is 1. The first kappa shape index (κ1) is 8.00. The maximum atomic E-state index is 10.7. The summed E-state index contributed by atoms with van der Waals surface area (Å²) in [4.78, 5) is 10.6. The molecule has 0 aliphatic heterocycles. The Labute approximate surface area is 78.2 Å². The molecular formula is C8H7N3OS. The summed E-state index contributed by atoms with van der Waals surface area (Å²) in [6.07, 6.45) is 0. The molecule has 2 N–H and O–H groups in total. The van der Waals surface area contributed by atoms with E-state index in [0.717, 1.165) is 17.0 Å². The summed E-state index contributed by atoms with van der Waals surface area (Å²) >= 11 is 1.05. The molecule has 0 unspecified atom stereocenters. The molecule has 2 rings (SSSR count). The average molecular weight is 193 g/mol. The summed E-state index contributed by atoms with van der Waals surface area (Å²) < 4.78 is 0. The highest BCUT2D eigenvalue weighted by molar-refractivity contribution is 7.13. The number of aromatic nitrogens is 2. The Kier molecular flexibility index (Phi) is 2.09. The van der Waals surface area contributed by atoms with Crippen molar-refractivity contribution in [3.63, 3.8) is 0 Å². The van der Waals surface area contributed by atoms with Gasteiger partial charge < -0.3 is 5.32 Å². The van der Waals surface area contributed by atoms with E-state index in [0.29, 0.717) is 5.13 Å². The SMILES string of the molecule is O=c1[nH]nc(Nc2ccccc2)s1. The zero-order valence-corrected chi connectivity index (χ0v) is 7.47. The van der Waals surface area contributed by atoms with Crippen LogP contribution in [0.2, 0.25) is 0 Å². The number of hydrogen-bond donors (Lipinski definition) is 2. The second-order valence-electron chi connectivity index (χ2n) is 2.41. The van der Waals surface area contributed by atoms with Crippen molar-refractivity contribution < 1.29 is 0 Å². The zero-order valence-electron chi connectivity index (χ0n) is 6.65. The lowest BCUT2D eigenvalue weighted by Crippen LogP contribution is -1.90. The highest BCUT2D eigenvalue weighted by Gasteiger charge is 1.97. The average Bonchev–Trinajstić information content (AvgIpc) is 2.53. The molecule has 1 aromatic heterocycles. The Balaban J connectivity index is 2.20. The van der Waals surface area contributed by atoms with Crippen LogP contribution in [0.25, 0.3) is 0 Å². The van der Waals surface area contributed by atoms with E-state index in [-0.39, 0.29) is 4.87 Å². The van der Waals surface area contributed by atoms with E-state index in [2.05, 4.69) is 15.5 Å². The van der Waals surface area contributed by atoms with Crippen LogP contribution in [0.15, 0.2) is 35.1 Å². The Bertz CT molecular complexity index is 434. The quantitative estimate of drug-likeness (QED) is 0.761. The van der Waals surface area contributed by atoms with Gasteiger partial charge in [0.05, 0.1) is 0 Å². The van der Waals surface area contributed by atoms with Crippen LogP contribution in [0.3, 0.4) is 0 Å². The minimum Gasteiger partial charge on any atom is -0.330 e. The van der Waals surface area contributed by atoms with Gasteiger partial charge in [0, 0.05) is 5.69 Å². The van der Waals surface area contributed by atoms with Gasteiger partial charge in [-0.2, -0.15) is 0 Å². The molecule has 0 aliphatic rings. The van der Waals surface area contributed by atoms with Gasteiger partial charge in [0.1, 0.15) is 0 Å². The van der Waals surface area contributed by atoms with Crippen molar-refractivity contribution in [2.75, 3.05) is 5.32 Å². The number of H-pyrrole nitrogens is 1. The monoisotopic (exact) mass is 193 g/mol. The lowest BCUT2D eigenvalue weighted by molar-refractivity contribution is 1.06. The second-order valence-corrected chi connectivity index (χ2v) is 3.37. The molecule has 1 heterocycles. The van der Waals surface area contributed by atoms with E-state index in [1.807, 2.05) is 30.3 Å².